The van der Waals surface area contributed by atoms with Crippen LogP contribution in [0.25, 0.3) is 0 Å². The molecule has 78 valence electrons. The topological polar surface area (TPSA) is 87.6 Å². The molecule has 0 spiro atoms. The van der Waals surface area contributed by atoms with Crippen molar-refractivity contribution in [1.29, 1.82) is 5.26 Å². The molecule has 0 amide bonds. The van der Waals surface area contributed by atoms with Crippen LogP contribution >= 0.6 is 0 Å². The maximum absolute atomic E-state index is 8.65. The van der Waals surface area contributed by atoms with Gasteiger partial charge in [-0.1, -0.05) is 0 Å². The highest BCUT2D eigenvalue weighted by Gasteiger charge is 2.32. The summed E-state index contributed by atoms with van der Waals surface area (Å²) >= 11 is 0. The molecule has 1 aliphatic rings. The van der Waals surface area contributed by atoms with E-state index in [0.29, 0.717) is 18.2 Å². The Bertz CT molecular complexity index is 391. The van der Waals surface area contributed by atoms with Gasteiger partial charge in [-0.15, -0.1) is 0 Å². The Hall–Kier alpha value is -1.67. The van der Waals surface area contributed by atoms with Crippen LogP contribution in [-0.2, 0) is 0 Å². The van der Waals surface area contributed by atoms with Gasteiger partial charge in [-0.3, -0.25) is 0 Å². The SMILES string of the molecule is N#Cc1ccnc(NCC2(N)CCC2)n1. The van der Waals surface area contributed by atoms with Gasteiger partial charge >= 0.3 is 0 Å². The van der Waals surface area contributed by atoms with Crippen LogP contribution in [0.1, 0.15) is 25.0 Å². The predicted molar refractivity (Wildman–Crippen MR) is 56.0 cm³/mol. The summed E-state index contributed by atoms with van der Waals surface area (Å²) in [5.74, 6) is 0.478. The predicted octanol–water partition coefficient (Wildman–Crippen LogP) is 0.642. The van der Waals surface area contributed by atoms with Crippen LogP contribution in [0.2, 0.25) is 0 Å². The number of anilines is 1. The number of hydrogen-bond acceptors (Lipinski definition) is 5. The van der Waals surface area contributed by atoms with Crippen LogP contribution in [0.3, 0.4) is 0 Å². The molecule has 0 unspecified atom stereocenters. The molecule has 3 N–H and O–H groups in total. The van der Waals surface area contributed by atoms with E-state index < -0.39 is 0 Å². The van der Waals surface area contributed by atoms with Gasteiger partial charge in [0.25, 0.3) is 0 Å². The lowest BCUT2D eigenvalue weighted by molar-refractivity contribution is 0.265. The van der Waals surface area contributed by atoms with Gasteiger partial charge in [0.05, 0.1) is 0 Å². The molecule has 1 saturated carbocycles. The normalized spacial score (nSPS) is 17.6. The number of hydrogen-bond donors (Lipinski definition) is 2. The number of aromatic nitrogens is 2. The standard InChI is InChI=1S/C10H13N5/c11-6-8-2-5-13-9(15-8)14-7-10(12)3-1-4-10/h2,5H,1,3-4,7,12H2,(H,13,14,15). The van der Waals surface area contributed by atoms with Crippen LogP contribution in [0, 0.1) is 11.3 Å². The fourth-order valence-corrected chi connectivity index (χ4v) is 1.57. The van der Waals surface area contributed by atoms with E-state index in [0.717, 1.165) is 12.8 Å². The highest BCUT2D eigenvalue weighted by molar-refractivity contribution is 5.30. The molecular formula is C10H13N5. The average molecular weight is 203 g/mol. The van der Waals surface area contributed by atoms with Crippen molar-refractivity contribution in [1.82, 2.24) is 9.97 Å². The first-order valence-corrected chi connectivity index (χ1v) is 4.98. The molecule has 2 rings (SSSR count). The Morgan fingerprint density at radius 1 is 1.60 bits per heavy atom. The van der Waals surface area contributed by atoms with Crippen molar-refractivity contribution in [2.75, 3.05) is 11.9 Å². The van der Waals surface area contributed by atoms with Crippen molar-refractivity contribution in [2.45, 2.75) is 24.8 Å². The summed E-state index contributed by atoms with van der Waals surface area (Å²) in [4.78, 5) is 8.03. The van der Waals surface area contributed by atoms with E-state index in [4.69, 9.17) is 11.0 Å². The second-order valence-electron chi connectivity index (χ2n) is 3.95. The van der Waals surface area contributed by atoms with Crippen molar-refractivity contribution in [3.05, 3.63) is 18.0 Å². The van der Waals surface area contributed by atoms with Crippen LogP contribution in [-0.4, -0.2) is 22.1 Å². The molecule has 0 aromatic carbocycles. The Kier molecular flexibility index (Phi) is 2.52. The number of nitrogens with zero attached hydrogens (tertiary/aromatic N) is 3. The molecule has 0 saturated heterocycles. The zero-order valence-corrected chi connectivity index (χ0v) is 8.40. The van der Waals surface area contributed by atoms with Gasteiger partial charge in [-0.25, -0.2) is 9.97 Å². The lowest BCUT2D eigenvalue weighted by Crippen LogP contribution is -2.52. The molecule has 0 atom stereocenters. The van der Waals surface area contributed by atoms with Gasteiger partial charge in [-0.05, 0) is 25.3 Å². The molecule has 1 aromatic rings. The number of nitriles is 1. The largest absolute Gasteiger partial charge is 0.352 e. The van der Waals surface area contributed by atoms with Crippen molar-refractivity contribution in [2.24, 2.45) is 5.73 Å². The molecule has 0 radical (unpaired) electrons. The third kappa shape index (κ3) is 2.22. The van der Waals surface area contributed by atoms with Gasteiger partial charge in [0.2, 0.25) is 5.95 Å². The Morgan fingerprint density at radius 3 is 3.00 bits per heavy atom. The first kappa shape index (κ1) is 9.87. The van der Waals surface area contributed by atoms with E-state index >= 15 is 0 Å². The lowest BCUT2D eigenvalue weighted by atomic mass is 9.78. The molecule has 1 aliphatic carbocycles. The zero-order chi connectivity index (χ0) is 10.7. The number of nitrogens with one attached hydrogen (secondary N) is 1. The number of nitrogens with two attached hydrogens (primary N) is 1. The Morgan fingerprint density at radius 2 is 2.40 bits per heavy atom. The second-order valence-corrected chi connectivity index (χ2v) is 3.95. The third-order valence-corrected chi connectivity index (χ3v) is 2.72. The molecular weight excluding hydrogens is 190 g/mol. The molecule has 0 bridgehead atoms. The molecule has 0 aliphatic heterocycles. The van der Waals surface area contributed by atoms with Gasteiger partial charge < -0.3 is 11.1 Å². The highest BCUT2D eigenvalue weighted by atomic mass is 15.1. The maximum Gasteiger partial charge on any atom is 0.223 e. The zero-order valence-electron chi connectivity index (χ0n) is 8.40. The van der Waals surface area contributed by atoms with E-state index in [1.807, 2.05) is 6.07 Å². The van der Waals surface area contributed by atoms with Crippen molar-refractivity contribution in [3.8, 4) is 6.07 Å². The fraction of sp³-hybridized carbons (Fsp3) is 0.500. The summed E-state index contributed by atoms with van der Waals surface area (Å²) < 4.78 is 0. The summed E-state index contributed by atoms with van der Waals surface area (Å²) in [6.45, 7) is 0.669. The summed E-state index contributed by atoms with van der Waals surface area (Å²) in [5.41, 5.74) is 6.30. The Labute approximate surface area is 88.3 Å². The second kappa shape index (κ2) is 3.83. The van der Waals surface area contributed by atoms with Gasteiger partial charge in [-0.2, -0.15) is 5.26 Å². The first-order chi connectivity index (χ1) is 7.22. The van der Waals surface area contributed by atoms with Crippen LogP contribution in [0.4, 0.5) is 5.95 Å². The van der Waals surface area contributed by atoms with Gasteiger partial charge in [0, 0.05) is 18.3 Å². The minimum absolute atomic E-state index is 0.105. The quantitative estimate of drug-likeness (QED) is 0.752. The van der Waals surface area contributed by atoms with Gasteiger partial charge in [0.1, 0.15) is 11.8 Å². The van der Waals surface area contributed by atoms with Gasteiger partial charge in [0.15, 0.2) is 0 Å². The summed E-state index contributed by atoms with van der Waals surface area (Å²) in [6.07, 6.45) is 4.84. The monoisotopic (exact) mass is 203 g/mol. The molecule has 1 fully saturated rings. The minimum atomic E-state index is -0.105. The van der Waals surface area contributed by atoms with E-state index in [2.05, 4.69) is 15.3 Å². The molecule has 1 aromatic heterocycles. The van der Waals surface area contributed by atoms with Crippen molar-refractivity contribution < 1.29 is 0 Å². The van der Waals surface area contributed by atoms with Crippen LogP contribution < -0.4 is 11.1 Å². The van der Waals surface area contributed by atoms with E-state index in [1.165, 1.54) is 6.42 Å². The van der Waals surface area contributed by atoms with Crippen LogP contribution in [0.15, 0.2) is 12.3 Å². The third-order valence-electron chi connectivity index (χ3n) is 2.72. The highest BCUT2D eigenvalue weighted by Crippen LogP contribution is 2.28. The summed E-state index contributed by atoms with van der Waals surface area (Å²) in [6, 6.07) is 3.55. The maximum atomic E-state index is 8.65. The fourth-order valence-electron chi connectivity index (χ4n) is 1.57. The molecule has 5 heteroatoms. The molecule has 15 heavy (non-hydrogen) atoms. The summed E-state index contributed by atoms with van der Waals surface area (Å²) in [5, 5.41) is 11.7. The van der Waals surface area contributed by atoms with Crippen molar-refractivity contribution in [3.63, 3.8) is 0 Å². The van der Waals surface area contributed by atoms with E-state index in [1.54, 1.807) is 12.3 Å². The first-order valence-electron chi connectivity index (χ1n) is 4.98. The van der Waals surface area contributed by atoms with Crippen molar-refractivity contribution >= 4 is 5.95 Å². The average Bonchev–Trinajstić information content (AvgIpc) is 2.24. The minimum Gasteiger partial charge on any atom is -0.352 e. The molecule has 1 heterocycles. The number of rotatable bonds is 3. The van der Waals surface area contributed by atoms with Crippen LogP contribution in [0.5, 0.6) is 0 Å². The smallest absolute Gasteiger partial charge is 0.223 e. The Balaban J connectivity index is 1.96. The van der Waals surface area contributed by atoms with E-state index in [9.17, 15) is 0 Å². The summed E-state index contributed by atoms with van der Waals surface area (Å²) in [7, 11) is 0. The lowest BCUT2D eigenvalue weighted by Gasteiger charge is -2.38. The molecule has 5 nitrogen and oxygen atoms in total. The van der Waals surface area contributed by atoms with E-state index in [-0.39, 0.29) is 5.54 Å².